The van der Waals surface area contributed by atoms with Gasteiger partial charge in [0, 0.05) is 10.0 Å². The molecule has 0 radical (unpaired) electrons. The van der Waals surface area contributed by atoms with Crippen molar-refractivity contribution in [2.24, 2.45) is 0 Å². The van der Waals surface area contributed by atoms with Crippen LogP contribution < -0.4 is 9.47 Å². The molecule has 0 aromatic heterocycles. The maximum atomic E-state index is 5.88. The predicted molar refractivity (Wildman–Crippen MR) is 72.4 cm³/mol. The average molecular weight is 279 g/mol. The molecule has 0 saturated carbocycles. The van der Waals surface area contributed by atoms with Crippen molar-refractivity contribution in [1.29, 1.82) is 0 Å². The monoisotopic (exact) mass is 278 g/mol. The van der Waals surface area contributed by atoms with Crippen LogP contribution >= 0.6 is 23.2 Å². The van der Waals surface area contributed by atoms with Crippen molar-refractivity contribution in [3.05, 3.63) is 52.5 Å². The average Bonchev–Trinajstić information content (AvgIpc) is 2.31. The summed E-state index contributed by atoms with van der Waals surface area (Å²) in [5.74, 6) is 1.78. The lowest BCUT2D eigenvalue weighted by atomic mass is 10.3. The van der Waals surface area contributed by atoms with Crippen molar-refractivity contribution < 1.29 is 9.47 Å². The van der Waals surface area contributed by atoms with Gasteiger partial charge < -0.3 is 9.47 Å². The maximum Gasteiger partial charge on any atom is 0.140 e. The first-order chi connectivity index (χ1) is 8.67. The number of hydrogen-bond donors (Lipinski definition) is 0. The van der Waals surface area contributed by atoms with Crippen LogP contribution in [0.15, 0.2) is 42.5 Å². The highest BCUT2D eigenvalue weighted by atomic mass is 35.5. The summed E-state index contributed by atoms with van der Waals surface area (Å²) in [6.45, 7) is 0. The zero-order valence-corrected chi connectivity index (χ0v) is 10.7. The molecule has 0 amide bonds. The summed E-state index contributed by atoms with van der Waals surface area (Å²) in [7, 11) is 0. The van der Waals surface area contributed by atoms with Gasteiger partial charge in [-0.1, -0.05) is 29.6 Å². The van der Waals surface area contributed by atoms with Crippen LogP contribution in [0, 0.1) is 12.5 Å². The van der Waals surface area contributed by atoms with E-state index in [1.807, 2.05) is 0 Å². The Hall–Kier alpha value is -1.82. The number of terminal acetylenes is 1. The Morgan fingerprint density at radius 2 is 1.39 bits per heavy atom. The van der Waals surface area contributed by atoms with Crippen molar-refractivity contribution in [2.45, 2.75) is 0 Å². The Morgan fingerprint density at radius 3 is 1.94 bits per heavy atom. The Morgan fingerprint density at radius 1 is 0.833 bits per heavy atom. The first-order valence-corrected chi connectivity index (χ1v) is 5.79. The molecule has 0 saturated heterocycles. The van der Waals surface area contributed by atoms with Gasteiger partial charge in [0.15, 0.2) is 0 Å². The minimum absolute atomic E-state index is 0.518. The Labute approximate surface area is 115 Å². The third kappa shape index (κ3) is 3.33. The zero-order valence-electron chi connectivity index (χ0n) is 9.19. The van der Waals surface area contributed by atoms with Gasteiger partial charge >= 0.3 is 0 Å². The number of benzene rings is 2. The maximum absolute atomic E-state index is 5.88. The summed E-state index contributed by atoms with van der Waals surface area (Å²) in [4.78, 5) is 0. The molecule has 4 heteroatoms. The standard InChI is InChI=1S/C14H8Cl2O2/c1-2-17-12-3-5-13(6-4-12)18-14-8-10(15)7-11(16)9-14/h1,3-9H. The smallest absolute Gasteiger partial charge is 0.140 e. The fourth-order valence-corrected chi connectivity index (χ4v) is 1.87. The van der Waals surface area contributed by atoms with E-state index in [9.17, 15) is 0 Å². The van der Waals surface area contributed by atoms with Gasteiger partial charge in [-0.3, -0.25) is 0 Å². The van der Waals surface area contributed by atoms with E-state index in [0.29, 0.717) is 27.3 Å². The van der Waals surface area contributed by atoms with E-state index in [1.165, 1.54) is 0 Å². The summed E-state index contributed by atoms with van der Waals surface area (Å²) in [5.41, 5.74) is 0. The molecule has 0 aliphatic rings. The summed E-state index contributed by atoms with van der Waals surface area (Å²) in [6.07, 6.45) is 7.12. The van der Waals surface area contributed by atoms with E-state index in [4.69, 9.17) is 39.1 Å². The van der Waals surface area contributed by atoms with Crippen molar-refractivity contribution in [3.8, 4) is 29.8 Å². The highest BCUT2D eigenvalue weighted by Gasteiger charge is 2.01. The third-order valence-electron chi connectivity index (χ3n) is 2.07. The minimum Gasteiger partial charge on any atom is -0.457 e. The third-order valence-corrected chi connectivity index (χ3v) is 2.51. The molecule has 0 aliphatic carbocycles. The van der Waals surface area contributed by atoms with Crippen LogP contribution in [0.1, 0.15) is 0 Å². The molecule has 2 aromatic carbocycles. The van der Waals surface area contributed by atoms with Gasteiger partial charge in [0.05, 0.1) is 0 Å². The molecule has 0 atom stereocenters. The van der Waals surface area contributed by atoms with Crippen LogP contribution in [-0.2, 0) is 0 Å². The molecule has 0 unspecified atom stereocenters. The van der Waals surface area contributed by atoms with Gasteiger partial charge in [0.1, 0.15) is 23.4 Å². The summed E-state index contributed by atoms with van der Waals surface area (Å²) < 4.78 is 10.5. The van der Waals surface area contributed by atoms with Gasteiger partial charge in [-0.05, 0) is 42.5 Å². The number of hydrogen-bond acceptors (Lipinski definition) is 2. The molecule has 0 aliphatic heterocycles. The van der Waals surface area contributed by atoms with E-state index < -0.39 is 0 Å². The molecule has 0 heterocycles. The van der Waals surface area contributed by atoms with Crippen LogP contribution in [0.2, 0.25) is 10.0 Å². The second-order valence-corrected chi connectivity index (χ2v) is 4.27. The molecule has 2 rings (SSSR count). The lowest BCUT2D eigenvalue weighted by molar-refractivity contribution is 0.478. The molecular formula is C14H8Cl2O2. The van der Waals surface area contributed by atoms with E-state index in [1.54, 1.807) is 42.5 Å². The van der Waals surface area contributed by atoms with Gasteiger partial charge in [0.25, 0.3) is 0 Å². The van der Waals surface area contributed by atoms with Crippen LogP contribution in [0.4, 0.5) is 0 Å². The first kappa shape index (κ1) is 12.6. The van der Waals surface area contributed by atoms with Gasteiger partial charge in [-0.2, -0.15) is 0 Å². The topological polar surface area (TPSA) is 18.5 Å². The fraction of sp³-hybridized carbons (Fsp3) is 0. The van der Waals surface area contributed by atoms with Gasteiger partial charge in [0.2, 0.25) is 0 Å². The highest BCUT2D eigenvalue weighted by molar-refractivity contribution is 6.34. The summed E-state index contributed by atoms with van der Waals surface area (Å²) in [5, 5.41) is 1.04. The van der Waals surface area contributed by atoms with Crippen LogP contribution in [0.3, 0.4) is 0 Å². The second kappa shape index (κ2) is 5.68. The normalized spacial score (nSPS) is 9.61. The van der Waals surface area contributed by atoms with Crippen molar-refractivity contribution in [1.82, 2.24) is 0 Å². The van der Waals surface area contributed by atoms with Crippen molar-refractivity contribution >= 4 is 23.2 Å². The minimum atomic E-state index is 0.518. The Bertz CT molecular complexity index is 565. The highest BCUT2D eigenvalue weighted by Crippen LogP contribution is 2.29. The largest absolute Gasteiger partial charge is 0.457 e. The van der Waals surface area contributed by atoms with Gasteiger partial charge in [-0.15, -0.1) is 0 Å². The molecule has 18 heavy (non-hydrogen) atoms. The number of rotatable bonds is 3. The molecule has 90 valence electrons. The first-order valence-electron chi connectivity index (χ1n) is 5.04. The van der Waals surface area contributed by atoms with E-state index in [-0.39, 0.29) is 0 Å². The molecule has 2 aromatic rings. The summed E-state index contributed by atoms with van der Waals surface area (Å²) in [6, 6.07) is 11.9. The lowest BCUT2D eigenvalue weighted by Gasteiger charge is -2.07. The SMILES string of the molecule is C#COc1ccc(Oc2cc(Cl)cc(Cl)c2)cc1. The van der Waals surface area contributed by atoms with Crippen LogP contribution in [0.5, 0.6) is 17.2 Å². The fourth-order valence-electron chi connectivity index (χ4n) is 1.37. The van der Waals surface area contributed by atoms with E-state index in [2.05, 4.69) is 6.11 Å². The molecule has 0 N–H and O–H groups in total. The lowest BCUT2D eigenvalue weighted by Crippen LogP contribution is -1.85. The molecule has 0 spiro atoms. The Balaban J connectivity index is 2.16. The van der Waals surface area contributed by atoms with Crippen LogP contribution in [-0.4, -0.2) is 0 Å². The van der Waals surface area contributed by atoms with Crippen LogP contribution in [0.25, 0.3) is 0 Å². The molecule has 0 fully saturated rings. The number of ether oxygens (including phenoxy) is 2. The molecular weight excluding hydrogens is 271 g/mol. The number of halogens is 2. The Kier molecular flexibility index (Phi) is 3.99. The van der Waals surface area contributed by atoms with Crippen molar-refractivity contribution in [2.75, 3.05) is 0 Å². The van der Waals surface area contributed by atoms with Crippen molar-refractivity contribution in [3.63, 3.8) is 0 Å². The predicted octanol–water partition coefficient (Wildman–Crippen LogP) is 4.76. The van der Waals surface area contributed by atoms with E-state index in [0.717, 1.165) is 0 Å². The molecule has 2 nitrogen and oxygen atoms in total. The second-order valence-electron chi connectivity index (χ2n) is 3.40. The molecule has 0 bridgehead atoms. The van der Waals surface area contributed by atoms with Gasteiger partial charge in [-0.25, -0.2) is 0 Å². The quantitative estimate of drug-likeness (QED) is 0.754. The zero-order chi connectivity index (χ0) is 13.0. The summed E-state index contributed by atoms with van der Waals surface area (Å²) >= 11 is 11.8. The van der Waals surface area contributed by atoms with E-state index >= 15 is 0 Å².